The van der Waals surface area contributed by atoms with Gasteiger partial charge in [-0.25, -0.2) is 9.97 Å². The second-order valence-electron chi connectivity index (χ2n) is 3.39. The van der Waals surface area contributed by atoms with Crippen LogP contribution in [0.2, 0.25) is 5.02 Å². The summed E-state index contributed by atoms with van der Waals surface area (Å²) in [5.74, 6) is 0.810. The van der Waals surface area contributed by atoms with Crippen LogP contribution >= 0.6 is 23.4 Å². The smallest absolute Gasteiger partial charge is 0.130 e. The number of nitrogens with one attached hydrogen (secondary N) is 1. The molecule has 1 heterocycles. The van der Waals surface area contributed by atoms with Gasteiger partial charge in [0.1, 0.15) is 17.2 Å². The van der Waals surface area contributed by atoms with Crippen molar-refractivity contribution in [3.8, 4) is 0 Å². The summed E-state index contributed by atoms with van der Waals surface area (Å²) in [6, 6.07) is 9.68. The predicted molar refractivity (Wildman–Crippen MR) is 72.6 cm³/mol. The quantitative estimate of drug-likeness (QED) is 0.679. The molecule has 0 saturated carbocycles. The molecule has 0 saturated heterocycles. The van der Waals surface area contributed by atoms with E-state index in [1.165, 1.54) is 0 Å². The van der Waals surface area contributed by atoms with Gasteiger partial charge in [0.15, 0.2) is 0 Å². The molecule has 3 nitrogen and oxygen atoms in total. The van der Waals surface area contributed by atoms with Crippen LogP contribution < -0.4 is 5.32 Å². The van der Waals surface area contributed by atoms with Gasteiger partial charge in [-0.3, -0.25) is 0 Å². The molecular weight excluding hydrogens is 254 g/mol. The number of thioether (sulfide) groups is 1. The van der Waals surface area contributed by atoms with Gasteiger partial charge in [-0.1, -0.05) is 29.8 Å². The molecule has 0 aliphatic rings. The van der Waals surface area contributed by atoms with Gasteiger partial charge < -0.3 is 5.32 Å². The van der Waals surface area contributed by atoms with E-state index in [-0.39, 0.29) is 0 Å². The molecule has 1 N–H and O–H groups in total. The topological polar surface area (TPSA) is 37.8 Å². The van der Waals surface area contributed by atoms with E-state index in [0.717, 1.165) is 21.4 Å². The van der Waals surface area contributed by atoms with E-state index in [9.17, 15) is 0 Å². The molecule has 0 spiro atoms. The Hall–Kier alpha value is -1.26. The van der Waals surface area contributed by atoms with Crippen molar-refractivity contribution in [2.75, 3.05) is 11.6 Å². The average molecular weight is 266 g/mol. The minimum atomic E-state index is 0.657. The van der Waals surface area contributed by atoms with Crippen molar-refractivity contribution in [2.24, 2.45) is 0 Å². The van der Waals surface area contributed by atoms with Crippen molar-refractivity contribution in [1.82, 2.24) is 9.97 Å². The van der Waals surface area contributed by atoms with Gasteiger partial charge in [0.2, 0.25) is 0 Å². The van der Waals surface area contributed by atoms with Gasteiger partial charge in [-0.2, -0.15) is 0 Å². The molecule has 0 atom stereocenters. The number of hydrogen-bond acceptors (Lipinski definition) is 4. The van der Waals surface area contributed by atoms with Crippen LogP contribution in [0, 0.1) is 0 Å². The van der Waals surface area contributed by atoms with Crippen molar-refractivity contribution >= 4 is 29.2 Å². The summed E-state index contributed by atoms with van der Waals surface area (Å²) >= 11 is 7.66. The zero-order valence-electron chi connectivity index (χ0n) is 9.35. The highest BCUT2D eigenvalue weighted by Gasteiger charge is 2.00. The molecule has 0 fully saturated rings. The fourth-order valence-corrected chi connectivity index (χ4v) is 1.96. The highest BCUT2D eigenvalue weighted by molar-refractivity contribution is 7.98. The zero-order valence-corrected chi connectivity index (χ0v) is 10.9. The van der Waals surface area contributed by atoms with Crippen molar-refractivity contribution in [2.45, 2.75) is 11.6 Å². The number of benzene rings is 1. The summed E-state index contributed by atoms with van der Waals surface area (Å²) in [7, 11) is 0. The maximum atomic E-state index is 6.07. The molecule has 1 aromatic carbocycles. The lowest BCUT2D eigenvalue weighted by Crippen LogP contribution is -2.02. The SMILES string of the molecule is CSc1cc(NCc2ccccc2Cl)ncn1. The number of aromatic nitrogens is 2. The maximum Gasteiger partial charge on any atom is 0.130 e. The summed E-state index contributed by atoms with van der Waals surface area (Å²) in [6.45, 7) is 0.657. The Balaban J connectivity index is 2.05. The van der Waals surface area contributed by atoms with Crippen LogP contribution in [-0.2, 0) is 6.54 Å². The second-order valence-corrected chi connectivity index (χ2v) is 4.62. The van der Waals surface area contributed by atoms with Crippen molar-refractivity contribution in [1.29, 1.82) is 0 Å². The molecule has 0 unspecified atom stereocenters. The Morgan fingerprint density at radius 2 is 2.12 bits per heavy atom. The van der Waals surface area contributed by atoms with Gasteiger partial charge >= 0.3 is 0 Å². The lowest BCUT2D eigenvalue weighted by atomic mass is 10.2. The normalized spacial score (nSPS) is 10.2. The first-order valence-corrected chi connectivity index (χ1v) is 6.73. The van der Waals surface area contributed by atoms with Crippen molar-refractivity contribution < 1.29 is 0 Å². The zero-order chi connectivity index (χ0) is 12.1. The molecule has 0 aliphatic carbocycles. The lowest BCUT2D eigenvalue weighted by molar-refractivity contribution is 1.02. The van der Waals surface area contributed by atoms with Crippen LogP contribution in [-0.4, -0.2) is 16.2 Å². The standard InChI is InChI=1S/C12H12ClN3S/c1-17-12-6-11(15-8-16-12)14-7-9-4-2-3-5-10(9)13/h2-6,8H,7H2,1H3,(H,14,15,16). The lowest BCUT2D eigenvalue weighted by Gasteiger charge is -2.07. The van der Waals surface area contributed by atoms with Gasteiger partial charge in [0.25, 0.3) is 0 Å². The number of anilines is 1. The molecule has 5 heteroatoms. The fourth-order valence-electron chi connectivity index (χ4n) is 1.38. The van der Waals surface area contributed by atoms with Crippen LogP contribution in [0.1, 0.15) is 5.56 Å². The molecule has 2 rings (SSSR count). The van der Waals surface area contributed by atoms with E-state index in [1.54, 1.807) is 18.1 Å². The first kappa shape index (κ1) is 12.2. The molecule has 0 bridgehead atoms. The minimum Gasteiger partial charge on any atom is -0.366 e. The summed E-state index contributed by atoms with van der Waals surface area (Å²) in [4.78, 5) is 8.27. The van der Waals surface area contributed by atoms with Gasteiger partial charge in [0.05, 0.1) is 0 Å². The second kappa shape index (κ2) is 5.89. The molecule has 1 aromatic heterocycles. The highest BCUT2D eigenvalue weighted by Crippen LogP contribution is 2.17. The van der Waals surface area contributed by atoms with Crippen LogP contribution in [0.4, 0.5) is 5.82 Å². The molecule has 0 radical (unpaired) electrons. The Bertz CT molecular complexity index is 505. The van der Waals surface area contributed by atoms with E-state index in [1.807, 2.05) is 36.6 Å². The van der Waals surface area contributed by atoms with Crippen LogP contribution in [0.5, 0.6) is 0 Å². The van der Waals surface area contributed by atoms with E-state index < -0.39 is 0 Å². The van der Waals surface area contributed by atoms with Gasteiger partial charge in [-0.05, 0) is 17.9 Å². The third-order valence-corrected chi connectivity index (χ3v) is 3.28. The highest BCUT2D eigenvalue weighted by atomic mass is 35.5. The Morgan fingerprint density at radius 1 is 1.29 bits per heavy atom. The molecular formula is C12H12ClN3S. The van der Waals surface area contributed by atoms with E-state index in [0.29, 0.717) is 6.54 Å². The number of nitrogens with zero attached hydrogens (tertiary/aromatic N) is 2. The average Bonchev–Trinajstić information content (AvgIpc) is 2.38. The summed E-state index contributed by atoms with van der Waals surface area (Å²) in [5.41, 5.74) is 1.05. The summed E-state index contributed by atoms with van der Waals surface area (Å²) < 4.78 is 0. The van der Waals surface area contributed by atoms with Crippen LogP contribution in [0.15, 0.2) is 41.7 Å². The Labute approximate surface area is 110 Å². The summed E-state index contributed by atoms with van der Waals surface area (Å²) in [5, 5.41) is 4.94. The maximum absolute atomic E-state index is 6.07. The monoisotopic (exact) mass is 265 g/mol. The minimum absolute atomic E-state index is 0.657. The van der Waals surface area contributed by atoms with E-state index in [4.69, 9.17) is 11.6 Å². The first-order valence-electron chi connectivity index (χ1n) is 5.13. The molecule has 17 heavy (non-hydrogen) atoms. The number of rotatable bonds is 4. The Morgan fingerprint density at radius 3 is 2.88 bits per heavy atom. The molecule has 2 aromatic rings. The molecule has 88 valence electrons. The van der Waals surface area contributed by atoms with E-state index >= 15 is 0 Å². The Kier molecular flexibility index (Phi) is 4.23. The van der Waals surface area contributed by atoms with Crippen LogP contribution in [0.3, 0.4) is 0 Å². The largest absolute Gasteiger partial charge is 0.366 e. The molecule has 0 amide bonds. The third kappa shape index (κ3) is 3.35. The van der Waals surface area contributed by atoms with E-state index in [2.05, 4.69) is 15.3 Å². The molecule has 0 aliphatic heterocycles. The number of hydrogen-bond donors (Lipinski definition) is 1. The van der Waals surface area contributed by atoms with Gasteiger partial charge in [0, 0.05) is 17.6 Å². The van der Waals surface area contributed by atoms with Gasteiger partial charge in [-0.15, -0.1) is 11.8 Å². The number of halogens is 1. The van der Waals surface area contributed by atoms with Crippen LogP contribution in [0.25, 0.3) is 0 Å². The first-order chi connectivity index (χ1) is 8.29. The summed E-state index contributed by atoms with van der Waals surface area (Å²) in [6.07, 6.45) is 3.54. The van der Waals surface area contributed by atoms with Crippen molar-refractivity contribution in [3.63, 3.8) is 0 Å². The predicted octanol–water partition coefficient (Wildman–Crippen LogP) is 3.46. The van der Waals surface area contributed by atoms with Crippen molar-refractivity contribution in [3.05, 3.63) is 47.2 Å². The third-order valence-electron chi connectivity index (χ3n) is 2.27. The fraction of sp³-hybridized carbons (Fsp3) is 0.167.